The molecule has 1 aliphatic rings. The minimum absolute atomic E-state index is 0.0962. The number of hydrogen-bond acceptors (Lipinski definition) is 6. The second-order valence-corrected chi connectivity index (χ2v) is 5.80. The van der Waals surface area contributed by atoms with E-state index in [4.69, 9.17) is 4.42 Å². The maximum Gasteiger partial charge on any atom is 0.231 e. The van der Waals surface area contributed by atoms with E-state index in [2.05, 4.69) is 10.3 Å². The third kappa shape index (κ3) is 3.34. The van der Waals surface area contributed by atoms with Gasteiger partial charge < -0.3 is 14.6 Å². The minimum Gasteiger partial charge on any atom is -0.432 e. The van der Waals surface area contributed by atoms with E-state index in [1.54, 1.807) is 0 Å². The van der Waals surface area contributed by atoms with Crippen LogP contribution in [0.25, 0.3) is 11.5 Å². The number of aromatic nitrogens is 1. The molecule has 8 heteroatoms. The fraction of sp³-hybridized carbons (Fsp3) is 0.235. The molecule has 0 unspecified atom stereocenters. The van der Waals surface area contributed by atoms with Crippen LogP contribution in [-0.4, -0.2) is 48.6 Å². The number of nitrogens with one attached hydrogen (secondary N) is 1. The van der Waals surface area contributed by atoms with Gasteiger partial charge in [0.15, 0.2) is 5.69 Å². The van der Waals surface area contributed by atoms with Crippen LogP contribution in [0.2, 0.25) is 0 Å². The van der Waals surface area contributed by atoms with E-state index >= 15 is 0 Å². The van der Waals surface area contributed by atoms with E-state index in [0.717, 1.165) is 24.3 Å². The molecule has 0 saturated carbocycles. The van der Waals surface area contributed by atoms with Crippen molar-refractivity contribution >= 4 is 11.6 Å². The molecule has 3 rings (SSSR count). The molecule has 6 nitrogen and oxygen atoms in total. The molecule has 1 aromatic carbocycles. The van der Waals surface area contributed by atoms with Crippen LogP contribution in [0.5, 0.6) is 0 Å². The van der Waals surface area contributed by atoms with Crippen LogP contribution in [0.1, 0.15) is 21.0 Å². The van der Waals surface area contributed by atoms with E-state index in [9.17, 15) is 18.4 Å². The number of halogens is 2. The fourth-order valence-corrected chi connectivity index (χ4v) is 2.35. The molecule has 0 bridgehead atoms. The number of fused-ring (bicyclic) bond motifs is 1. The first-order valence-corrected chi connectivity index (χ1v) is 7.52. The van der Waals surface area contributed by atoms with Crippen LogP contribution in [0, 0.1) is 11.6 Å². The molecule has 25 heavy (non-hydrogen) atoms. The van der Waals surface area contributed by atoms with Crippen LogP contribution in [-0.2, 0) is 0 Å². The third-order valence-electron chi connectivity index (χ3n) is 3.62. The van der Waals surface area contributed by atoms with Gasteiger partial charge >= 0.3 is 0 Å². The van der Waals surface area contributed by atoms with Crippen molar-refractivity contribution in [3.63, 3.8) is 0 Å². The number of nitrogens with zero attached hydrogens (tertiary/aromatic N) is 2. The first-order chi connectivity index (χ1) is 11.9. The molecule has 0 amide bonds. The van der Waals surface area contributed by atoms with Crippen molar-refractivity contribution in [3.8, 4) is 11.5 Å². The summed E-state index contributed by atoms with van der Waals surface area (Å²) < 4.78 is 32.4. The quantitative estimate of drug-likeness (QED) is 0.892. The first kappa shape index (κ1) is 17.0. The van der Waals surface area contributed by atoms with Crippen molar-refractivity contribution in [2.24, 2.45) is 0 Å². The lowest BCUT2D eigenvalue weighted by Gasteiger charge is -2.14. The van der Waals surface area contributed by atoms with Gasteiger partial charge in [-0.15, -0.1) is 0 Å². The lowest BCUT2D eigenvalue weighted by molar-refractivity contribution is 0.0960. The molecule has 1 heterocycles. The van der Waals surface area contributed by atoms with Crippen molar-refractivity contribution in [3.05, 3.63) is 53.1 Å². The maximum atomic E-state index is 13.9. The van der Waals surface area contributed by atoms with E-state index in [1.165, 1.54) is 0 Å². The number of rotatable bonds is 5. The summed E-state index contributed by atoms with van der Waals surface area (Å²) in [4.78, 5) is 30.4. The standard InChI is InChI=1S/C17H15F2N3O3/c1-22(2)6-5-20-12-8-13(23)16-14(15(12)24)21-17(25-16)10-7-9(18)3-4-11(10)19/h3-4,7-8,20H,5-6H2,1-2H3. The van der Waals surface area contributed by atoms with Crippen LogP contribution >= 0.6 is 0 Å². The summed E-state index contributed by atoms with van der Waals surface area (Å²) in [6.45, 7) is 1.11. The van der Waals surface area contributed by atoms with Crippen LogP contribution in [0.3, 0.4) is 0 Å². The lowest BCUT2D eigenvalue weighted by atomic mass is 10.0. The Balaban J connectivity index is 1.91. The predicted octanol–water partition coefficient (Wildman–Crippen LogP) is 2.03. The second-order valence-electron chi connectivity index (χ2n) is 5.80. The second kappa shape index (κ2) is 6.56. The van der Waals surface area contributed by atoms with Gasteiger partial charge in [-0.1, -0.05) is 0 Å². The normalized spacial score (nSPS) is 13.9. The van der Waals surface area contributed by atoms with E-state index < -0.39 is 23.2 Å². The Bertz CT molecular complexity index is 887. The molecule has 0 spiro atoms. The number of carbonyl (C=O) groups is 2. The molecule has 2 aromatic rings. The molecular formula is C17H15F2N3O3. The highest BCUT2D eigenvalue weighted by Crippen LogP contribution is 2.28. The number of benzene rings is 1. The average molecular weight is 347 g/mol. The van der Waals surface area contributed by atoms with Crippen molar-refractivity contribution in [1.82, 2.24) is 15.2 Å². The van der Waals surface area contributed by atoms with Crippen LogP contribution in [0.15, 0.2) is 34.4 Å². The number of Topliss-reactive ketones (excluding diaryl/α,β-unsaturated/α-hetero) is 1. The lowest BCUT2D eigenvalue weighted by Crippen LogP contribution is -2.31. The third-order valence-corrected chi connectivity index (χ3v) is 3.62. The van der Waals surface area contributed by atoms with Gasteiger partial charge in [0.25, 0.3) is 0 Å². The van der Waals surface area contributed by atoms with Crippen molar-refractivity contribution in [1.29, 1.82) is 0 Å². The highest BCUT2D eigenvalue weighted by Gasteiger charge is 2.32. The van der Waals surface area contributed by atoms with Gasteiger partial charge in [0.1, 0.15) is 11.6 Å². The highest BCUT2D eigenvalue weighted by molar-refractivity contribution is 6.22. The summed E-state index contributed by atoms with van der Waals surface area (Å²) >= 11 is 0. The molecule has 1 aromatic heterocycles. The maximum absolute atomic E-state index is 13.9. The van der Waals surface area contributed by atoms with Crippen molar-refractivity contribution in [2.45, 2.75) is 0 Å². The van der Waals surface area contributed by atoms with Gasteiger partial charge in [0.05, 0.1) is 11.3 Å². The predicted molar refractivity (Wildman–Crippen MR) is 85.2 cm³/mol. The molecule has 0 radical (unpaired) electrons. The highest BCUT2D eigenvalue weighted by atomic mass is 19.1. The van der Waals surface area contributed by atoms with E-state index in [-0.39, 0.29) is 28.6 Å². The summed E-state index contributed by atoms with van der Waals surface area (Å²) in [6, 6.07) is 2.77. The van der Waals surface area contributed by atoms with E-state index in [0.29, 0.717) is 13.1 Å². The molecule has 0 saturated heterocycles. The number of likely N-dealkylation sites (N-methyl/N-ethyl adjacent to an activating group) is 1. The summed E-state index contributed by atoms with van der Waals surface area (Å²) in [5.41, 5.74) is -0.366. The number of allylic oxidation sites excluding steroid dienone is 2. The van der Waals surface area contributed by atoms with Gasteiger partial charge in [-0.05, 0) is 32.3 Å². The Kier molecular flexibility index (Phi) is 4.45. The molecule has 0 fully saturated rings. The van der Waals surface area contributed by atoms with Crippen LogP contribution in [0.4, 0.5) is 8.78 Å². The summed E-state index contributed by atoms with van der Waals surface area (Å²) in [5, 5.41) is 2.88. The topological polar surface area (TPSA) is 75.4 Å². The molecule has 130 valence electrons. The van der Waals surface area contributed by atoms with Crippen molar-refractivity contribution in [2.75, 3.05) is 27.2 Å². The van der Waals surface area contributed by atoms with Crippen LogP contribution < -0.4 is 5.32 Å². The van der Waals surface area contributed by atoms with Gasteiger partial charge in [-0.2, -0.15) is 0 Å². The van der Waals surface area contributed by atoms with Crippen molar-refractivity contribution < 1.29 is 22.8 Å². The number of hydrogen-bond donors (Lipinski definition) is 1. The molecular weight excluding hydrogens is 332 g/mol. The van der Waals surface area contributed by atoms with Gasteiger partial charge in [0.2, 0.25) is 23.2 Å². The Labute approximate surface area is 142 Å². The summed E-state index contributed by atoms with van der Waals surface area (Å²) in [6.07, 6.45) is 1.12. The smallest absolute Gasteiger partial charge is 0.231 e. The molecule has 1 N–H and O–H groups in total. The zero-order valence-electron chi connectivity index (χ0n) is 13.6. The Hall–Kier alpha value is -2.87. The summed E-state index contributed by atoms with van der Waals surface area (Å²) in [7, 11) is 3.75. The fourth-order valence-electron chi connectivity index (χ4n) is 2.35. The minimum atomic E-state index is -0.766. The molecule has 1 aliphatic carbocycles. The zero-order chi connectivity index (χ0) is 18.1. The summed E-state index contributed by atoms with van der Waals surface area (Å²) in [5.74, 6) is -3.13. The molecule has 0 aliphatic heterocycles. The van der Waals surface area contributed by atoms with Gasteiger partial charge in [-0.25, -0.2) is 13.8 Å². The largest absolute Gasteiger partial charge is 0.432 e. The van der Waals surface area contributed by atoms with Gasteiger partial charge in [0, 0.05) is 19.2 Å². The number of oxazole rings is 1. The monoisotopic (exact) mass is 347 g/mol. The Morgan fingerprint density at radius 2 is 2.00 bits per heavy atom. The Morgan fingerprint density at radius 1 is 1.24 bits per heavy atom. The number of ketones is 2. The number of carbonyl (C=O) groups excluding carboxylic acids is 2. The van der Waals surface area contributed by atoms with E-state index in [1.807, 2.05) is 19.0 Å². The molecule has 0 atom stereocenters. The first-order valence-electron chi connectivity index (χ1n) is 7.52. The Morgan fingerprint density at radius 3 is 2.72 bits per heavy atom. The van der Waals surface area contributed by atoms with Gasteiger partial charge in [-0.3, -0.25) is 9.59 Å². The SMILES string of the molecule is CN(C)CCNC1=CC(=O)c2oc(-c3cc(F)ccc3F)nc2C1=O. The average Bonchev–Trinajstić information content (AvgIpc) is 3.00. The zero-order valence-corrected chi connectivity index (χ0v) is 13.6.